The minimum atomic E-state index is -1.20. The molecule has 0 heterocycles. The van der Waals surface area contributed by atoms with E-state index in [-0.39, 0.29) is 5.91 Å². The number of hydrogen-bond acceptors (Lipinski definition) is 3. The zero-order chi connectivity index (χ0) is 14.4. The largest absolute Gasteiger partial charge is 0.478 e. The quantitative estimate of drug-likeness (QED) is 0.703. The summed E-state index contributed by atoms with van der Waals surface area (Å²) < 4.78 is 0. The van der Waals surface area contributed by atoms with Gasteiger partial charge in [0.05, 0.1) is 0 Å². The van der Waals surface area contributed by atoms with Gasteiger partial charge in [0.15, 0.2) is 0 Å². The Balaban J connectivity index is 2.91. The van der Waals surface area contributed by atoms with Crippen molar-refractivity contribution in [2.45, 2.75) is 6.92 Å². The fourth-order valence-corrected chi connectivity index (χ4v) is 1.36. The zero-order valence-corrected chi connectivity index (χ0v) is 10.6. The minimum Gasteiger partial charge on any atom is -0.478 e. The molecule has 0 atom stereocenters. The predicted molar refractivity (Wildman–Crippen MR) is 70.0 cm³/mol. The highest BCUT2D eigenvalue weighted by Gasteiger charge is 2.08. The van der Waals surface area contributed by atoms with Crippen molar-refractivity contribution in [2.75, 3.05) is 12.4 Å². The second-order valence-electron chi connectivity index (χ2n) is 3.77. The topological polar surface area (TPSA) is 95.5 Å². The maximum Gasteiger partial charge on any atom is 0.328 e. The Morgan fingerprint density at radius 2 is 1.89 bits per heavy atom. The molecule has 1 aromatic rings. The van der Waals surface area contributed by atoms with Gasteiger partial charge >= 0.3 is 5.97 Å². The molecule has 3 N–H and O–H groups in total. The van der Waals surface area contributed by atoms with Crippen LogP contribution < -0.4 is 10.6 Å². The van der Waals surface area contributed by atoms with Gasteiger partial charge in [-0.3, -0.25) is 9.59 Å². The number of aryl methyl sites for hydroxylation is 1. The Morgan fingerprint density at radius 3 is 2.47 bits per heavy atom. The van der Waals surface area contributed by atoms with Crippen LogP contribution in [0.1, 0.15) is 15.9 Å². The molecule has 0 aromatic heterocycles. The molecule has 6 nitrogen and oxygen atoms in total. The van der Waals surface area contributed by atoms with Crippen LogP contribution in [0.25, 0.3) is 0 Å². The molecular formula is C13H14N2O4. The summed E-state index contributed by atoms with van der Waals surface area (Å²) in [5.41, 5.74) is 1.64. The van der Waals surface area contributed by atoms with Gasteiger partial charge in [0.1, 0.15) is 0 Å². The van der Waals surface area contributed by atoms with Crippen molar-refractivity contribution >= 4 is 23.5 Å². The molecule has 1 rings (SSSR count). The van der Waals surface area contributed by atoms with E-state index in [1.165, 1.54) is 13.1 Å². The van der Waals surface area contributed by atoms with Crippen LogP contribution >= 0.6 is 0 Å². The number of hydrogen-bond donors (Lipinski definition) is 3. The third-order valence-corrected chi connectivity index (χ3v) is 2.36. The molecule has 0 unspecified atom stereocenters. The van der Waals surface area contributed by atoms with Crippen LogP contribution in [-0.4, -0.2) is 29.9 Å². The molecule has 19 heavy (non-hydrogen) atoms. The van der Waals surface area contributed by atoms with Crippen LogP contribution in [0.3, 0.4) is 0 Å². The Labute approximate surface area is 110 Å². The molecule has 6 heteroatoms. The number of carboxylic acids is 1. The van der Waals surface area contributed by atoms with E-state index in [9.17, 15) is 14.4 Å². The zero-order valence-electron chi connectivity index (χ0n) is 10.6. The highest BCUT2D eigenvalue weighted by molar-refractivity contribution is 6.03. The maximum atomic E-state index is 11.5. The molecule has 0 radical (unpaired) electrons. The van der Waals surface area contributed by atoms with E-state index in [4.69, 9.17) is 5.11 Å². The number of rotatable bonds is 4. The Kier molecular flexibility index (Phi) is 4.82. The van der Waals surface area contributed by atoms with Gasteiger partial charge in [-0.25, -0.2) is 4.79 Å². The van der Waals surface area contributed by atoms with Crippen LogP contribution in [0.5, 0.6) is 0 Å². The minimum absolute atomic E-state index is 0.267. The molecule has 1 aromatic carbocycles. The number of amides is 2. The molecular weight excluding hydrogens is 248 g/mol. The van der Waals surface area contributed by atoms with Gasteiger partial charge in [0.25, 0.3) is 5.91 Å². The summed E-state index contributed by atoms with van der Waals surface area (Å²) in [7, 11) is 1.51. The average Bonchev–Trinajstić information content (AvgIpc) is 2.38. The number of carboxylic acid groups (broad SMARTS) is 1. The molecule has 100 valence electrons. The molecule has 0 aliphatic rings. The fourth-order valence-electron chi connectivity index (χ4n) is 1.36. The summed E-state index contributed by atoms with van der Waals surface area (Å²) in [6, 6.07) is 4.86. The monoisotopic (exact) mass is 262 g/mol. The van der Waals surface area contributed by atoms with Crippen LogP contribution in [0, 0.1) is 6.92 Å². The van der Waals surface area contributed by atoms with Crippen molar-refractivity contribution in [3.63, 3.8) is 0 Å². The van der Waals surface area contributed by atoms with Gasteiger partial charge in [-0.2, -0.15) is 0 Å². The van der Waals surface area contributed by atoms with Crippen LogP contribution in [0.2, 0.25) is 0 Å². The lowest BCUT2D eigenvalue weighted by molar-refractivity contribution is -0.131. The Hall–Kier alpha value is -2.63. The van der Waals surface area contributed by atoms with E-state index in [1.807, 2.05) is 0 Å². The lowest BCUT2D eigenvalue weighted by atomic mass is 10.1. The highest BCUT2D eigenvalue weighted by Crippen LogP contribution is 2.16. The van der Waals surface area contributed by atoms with Crippen LogP contribution in [0.4, 0.5) is 5.69 Å². The molecule has 0 aliphatic carbocycles. The first-order chi connectivity index (χ1) is 8.93. The van der Waals surface area contributed by atoms with Crippen molar-refractivity contribution in [3.05, 3.63) is 41.5 Å². The van der Waals surface area contributed by atoms with Gasteiger partial charge in [0, 0.05) is 30.5 Å². The van der Waals surface area contributed by atoms with Gasteiger partial charge in [-0.1, -0.05) is 6.07 Å². The summed E-state index contributed by atoms with van der Waals surface area (Å²) in [6.07, 6.45) is 1.65. The summed E-state index contributed by atoms with van der Waals surface area (Å²) in [5, 5.41) is 13.4. The molecule has 0 saturated heterocycles. The van der Waals surface area contributed by atoms with E-state index < -0.39 is 11.9 Å². The average molecular weight is 262 g/mol. The number of carbonyl (C=O) groups is 3. The Morgan fingerprint density at radius 1 is 1.21 bits per heavy atom. The van der Waals surface area contributed by atoms with Crippen molar-refractivity contribution in [2.24, 2.45) is 0 Å². The SMILES string of the molecule is CNC(=O)c1ccc(C)c(NC(=O)/C=C/C(=O)O)c1. The molecule has 2 amide bonds. The van der Waals surface area contributed by atoms with E-state index in [0.29, 0.717) is 11.3 Å². The highest BCUT2D eigenvalue weighted by atomic mass is 16.4. The van der Waals surface area contributed by atoms with E-state index in [1.54, 1.807) is 19.1 Å². The van der Waals surface area contributed by atoms with Crippen molar-refractivity contribution in [1.82, 2.24) is 5.32 Å². The normalized spacial score (nSPS) is 10.2. The molecule has 0 fully saturated rings. The first-order valence-electron chi connectivity index (χ1n) is 5.48. The van der Waals surface area contributed by atoms with Gasteiger partial charge in [-0.05, 0) is 24.6 Å². The first-order valence-corrected chi connectivity index (χ1v) is 5.48. The third-order valence-electron chi connectivity index (χ3n) is 2.36. The van der Waals surface area contributed by atoms with Gasteiger partial charge < -0.3 is 15.7 Å². The fraction of sp³-hybridized carbons (Fsp3) is 0.154. The lowest BCUT2D eigenvalue weighted by Gasteiger charge is -2.08. The number of nitrogens with one attached hydrogen (secondary N) is 2. The standard InChI is InChI=1S/C13H14N2O4/c1-8-3-4-9(13(19)14-2)7-10(8)15-11(16)5-6-12(17)18/h3-7H,1-2H3,(H,14,19)(H,15,16)(H,17,18)/b6-5+. The summed E-state index contributed by atoms with van der Waals surface area (Å²) in [5.74, 6) is -2.04. The number of aliphatic carboxylic acids is 1. The number of benzene rings is 1. The summed E-state index contributed by atoms with van der Waals surface area (Å²) >= 11 is 0. The molecule has 0 aliphatic heterocycles. The van der Waals surface area contributed by atoms with Crippen LogP contribution in [0.15, 0.2) is 30.4 Å². The smallest absolute Gasteiger partial charge is 0.328 e. The number of carbonyl (C=O) groups excluding carboxylic acids is 2. The second-order valence-corrected chi connectivity index (χ2v) is 3.77. The molecule has 0 saturated carbocycles. The second kappa shape index (κ2) is 6.34. The van der Waals surface area contributed by atoms with Crippen LogP contribution in [-0.2, 0) is 9.59 Å². The lowest BCUT2D eigenvalue weighted by Crippen LogP contribution is -2.18. The van der Waals surface area contributed by atoms with Gasteiger partial charge in [0.2, 0.25) is 5.91 Å². The predicted octanol–water partition coefficient (Wildman–Crippen LogP) is 0.934. The maximum absolute atomic E-state index is 11.5. The Bertz CT molecular complexity index is 550. The molecule has 0 spiro atoms. The summed E-state index contributed by atoms with van der Waals surface area (Å²) in [4.78, 5) is 33.2. The first kappa shape index (κ1) is 14.4. The van der Waals surface area contributed by atoms with Gasteiger partial charge in [-0.15, -0.1) is 0 Å². The van der Waals surface area contributed by atoms with Crippen molar-refractivity contribution < 1.29 is 19.5 Å². The van der Waals surface area contributed by atoms with E-state index in [0.717, 1.165) is 17.7 Å². The van der Waals surface area contributed by atoms with Crippen molar-refractivity contribution in [3.8, 4) is 0 Å². The van der Waals surface area contributed by atoms with E-state index >= 15 is 0 Å². The third kappa shape index (κ3) is 4.27. The number of anilines is 1. The van der Waals surface area contributed by atoms with E-state index in [2.05, 4.69) is 10.6 Å². The summed E-state index contributed by atoms with van der Waals surface area (Å²) in [6.45, 7) is 1.77. The molecule has 0 bridgehead atoms. The van der Waals surface area contributed by atoms with Crippen molar-refractivity contribution in [1.29, 1.82) is 0 Å².